The van der Waals surface area contributed by atoms with E-state index in [-0.39, 0.29) is 16.5 Å². The van der Waals surface area contributed by atoms with Crippen molar-refractivity contribution in [2.24, 2.45) is 0 Å². The molecule has 0 saturated heterocycles. The number of carboxylic acid groups (broad SMARTS) is 1. The summed E-state index contributed by atoms with van der Waals surface area (Å²) in [6, 6.07) is 11.8. The SMILES string of the molecule is O=C(Cn1nc(C(=O)O)c2ccccc2c1=O)Nc1ccc(SC(F)F)cc1. The highest BCUT2D eigenvalue weighted by Crippen LogP contribution is 2.26. The van der Waals surface area contributed by atoms with E-state index in [0.29, 0.717) is 22.3 Å². The summed E-state index contributed by atoms with van der Waals surface area (Å²) in [5.74, 6) is -4.48. The zero-order chi connectivity index (χ0) is 20.3. The van der Waals surface area contributed by atoms with Crippen molar-refractivity contribution in [1.82, 2.24) is 9.78 Å². The third kappa shape index (κ3) is 4.34. The molecule has 0 bridgehead atoms. The van der Waals surface area contributed by atoms with Gasteiger partial charge in [0.2, 0.25) is 5.91 Å². The molecule has 2 aromatic carbocycles. The van der Waals surface area contributed by atoms with Crippen molar-refractivity contribution in [1.29, 1.82) is 0 Å². The predicted octanol–water partition coefficient (Wildman–Crippen LogP) is 3.05. The average molecular weight is 405 g/mol. The highest BCUT2D eigenvalue weighted by atomic mass is 32.2. The molecule has 0 aliphatic rings. The minimum absolute atomic E-state index is 0.135. The van der Waals surface area contributed by atoms with E-state index in [4.69, 9.17) is 0 Å². The van der Waals surface area contributed by atoms with Gasteiger partial charge in [-0.3, -0.25) is 9.59 Å². The van der Waals surface area contributed by atoms with Crippen LogP contribution in [0.4, 0.5) is 14.5 Å². The van der Waals surface area contributed by atoms with Crippen molar-refractivity contribution in [3.63, 3.8) is 0 Å². The van der Waals surface area contributed by atoms with E-state index in [1.165, 1.54) is 36.4 Å². The first-order valence-corrected chi connectivity index (χ1v) is 8.81. The molecule has 0 aliphatic carbocycles. The molecule has 1 aromatic heterocycles. The number of hydrogen-bond donors (Lipinski definition) is 2. The number of carbonyl (C=O) groups is 2. The van der Waals surface area contributed by atoms with Crippen molar-refractivity contribution < 1.29 is 23.5 Å². The number of nitrogens with one attached hydrogen (secondary N) is 1. The lowest BCUT2D eigenvalue weighted by Gasteiger charge is -2.10. The van der Waals surface area contributed by atoms with Gasteiger partial charge in [-0.1, -0.05) is 30.0 Å². The third-order valence-corrected chi connectivity index (χ3v) is 4.45. The Morgan fingerprint density at radius 1 is 1.11 bits per heavy atom. The monoisotopic (exact) mass is 405 g/mol. The fourth-order valence-corrected chi connectivity index (χ4v) is 3.06. The van der Waals surface area contributed by atoms with Crippen LogP contribution in [0, 0.1) is 0 Å². The van der Waals surface area contributed by atoms with Gasteiger partial charge in [0.1, 0.15) is 6.54 Å². The number of aromatic carboxylic acids is 1. The fourth-order valence-electron chi connectivity index (χ4n) is 2.56. The maximum absolute atomic E-state index is 12.5. The first kappa shape index (κ1) is 19.5. The molecule has 3 aromatic rings. The zero-order valence-electron chi connectivity index (χ0n) is 14.1. The number of nitrogens with zero attached hydrogens (tertiary/aromatic N) is 2. The summed E-state index contributed by atoms with van der Waals surface area (Å²) in [6.07, 6.45) is 0. The molecule has 144 valence electrons. The zero-order valence-corrected chi connectivity index (χ0v) is 15.0. The molecule has 3 rings (SSSR count). The summed E-state index contributed by atoms with van der Waals surface area (Å²) in [5, 5.41) is 15.9. The second kappa shape index (κ2) is 8.17. The van der Waals surface area contributed by atoms with Crippen LogP contribution >= 0.6 is 11.8 Å². The van der Waals surface area contributed by atoms with Crippen LogP contribution in [-0.4, -0.2) is 32.5 Å². The van der Waals surface area contributed by atoms with Crippen LogP contribution in [0.3, 0.4) is 0 Å². The lowest BCUT2D eigenvalue weighted by molar-refractivity contribution is -0.117. The van der Waals surface area contributed by atoms with E-state index in [2.05, 4.69) is 10.4 Å². The van der Waals surface area contributed by atoms with E-state index < -0.39 is 29.7 Å². The number of aromatic nitrogens is 2. The van der Waals surface area contributed by atoms with Gasteiger partial charge >= 0.3 is 5.97 Å². The molecule has 1 amide bonds. The van der Waals surface area contributed by atoms with Crippen LogP contribution in [-0.2, 0) is 11.3 Å². The number of hydrogen-bond acceptors (Lipinski definition) is 5. The first-order valence-electron chi connectivity index (χ1n) is 7.93. The Balaban J connectivity index is 1.82. The van der Waals surface area contributed by atoms with E-state index in [1.807, 2.05) is 0 Å². The van der Waals surface area contributed by atoms with Gasteiger partial charge in [-0.15, -0.1) is 0 Å². The summed E-state index contributed by atoms with van der Waals surface area (Å²) in [4.78, 5) is 36.5. The van der Waals surface area contributed by atoms with E-state index >= 15 is 0 Å². The van der Waals surface area contributed by atoms with Gasteiger partial charge in [0.15, 0.2) is 5.69 Å². The highest BCUT2D eigenvalue weighted by Gasteiger charge is 2.17. The van der Waals surface area contributed by atoms with Crippen molar-refractivity contribution in [3.8, 4) is 0 Å². The van der Waals surface area contributed by atoms with E-state index in [0.717, 1.165) is 4.68 Å². The molecule has 0 atom stereocenters. The summed E-state index contributed by atoms with van der Waals surface area (Å²) in [5.41, 5.74) is -0.591. The molecule has 2 N–H and O–H groups in total. The number of carboxylic acids is 1. The maximum atomic E-state index is 12.5. The largest absolute Gasteiger partial charge is 0.476 e. The Labute approximate surface area is 161 Å². The minimum Gasteiger partial charge on any atom is -0.476 e. The maximum Gasteiger partial charge on any atom is 0.357 e. The average Bonchev–Trinajstić information content (AvgIpc) is 2.65. The van der Waals surface area contributed by atoms with Gasteiger partial charge < -0.3 is 10.4 Å². The van der Waals surface area contributed by atoms with E-state index in [1.54, 1.807) is 12.1 Å². The van der Waals surface area contributed by atoms with Crippen LogP contribution in [0.25, 0.3) is 10.8 Å². The number of anilines is 1. The van der Waals surface area contributed by atoms with Gasteiger partial charge in [-0.25, -0.2) is 9.48 Å². The van der Waals surface area contributed by atoms with Crippen LogP contribution in [0.15, 0.2) is 58.2 Å². The summed E-state index contributed by atoms with van der Waals surface area (Å²) in [6.45, 7) is -0.502. The van der Waals surface area contributed by atoms with Gasteiger partial charge in [0, 0.05) is 16.0 Å². The number of alkyl halides is 2. The fraction of sp³-hybridized carbons (Fsp3) is 0.111. The Hall–Kier alpha value is -3.27. The summed E-state index contributed by atoms with van der Waals surface area (Å²) >= 11 is 0.379. The van der Waals surface area contributed by atoms with Crippen LogP contribution < -0.4 is 10.9 Å². The molecule has 10 heteroatoms. The van der Waals surface area contributed by atoms with Crippen molar-refractivity contribution >= 4 is 40.1 Å². The van der Waals surface area contributed by atoms with E-state index in [9.17, 15) is 28.3 Å². The first-order chi connectivity index (χ1) is 13.3. The Morgan fingerprint density at radius 3 is 2.36 bits per heavy atom. The van der Waals surface area contributed by atoms with Gasteiger partial charge in [-0.2, -0.15) is 13.9 Å². The lowest BCUT2D eigenvalue weighted by atomic mass is 10.1. The number of benzene rings is 2. The second-order valence-corrected chi connectivity index (χ2v) is 6.68. The number of rotatable bonds is 6. The molecule has 0 saturated carbocycles. The Morgan fingerprint density at radius 2 is 1.75 bits per heavy atom. The van der Waals surface area contributed by atoms with Crippen LogP contribution in [0.5, 0.6) is 0 Å². The standard InChI is InChI=1S/C18H13F2N3O4S/c19-18(20)28-11-7-5-10(6-8-11)21-14(24)9-23-16(25)13-4-2-1-3-12(13)15(22-23)17(26)27/h1-8,18H,9H2,(H,21,24)(H,26,27). The molecular weight excluding hydrogens is 392 g/mol. The van der Waals surface area contributed by atoms with Crippen molar-refractivity contribution in [3.05, 3.63) is 64.6 Å². The van der Waals surface area contributed by atoms with Gasteiger partial charge in [-0.05, 0) is 30.3 Å². The molecule has 0 aliphatic heterocycles. The minimum atomic E-state index is -2.55. The predicted molar refractivity (Wildman–Crippen MR) is 99.9 cm³/mol. The smallest absolute Gasteiger partial charge is 0.357 e. The highest BCUT2D eigenvalue weighted by molar-refractivity contribution is 7.99. The number of amides is 1. The molecule has 1 heterocycles. The molecule has 0 fully saturated rings. The molecule has 28 heavy (non-hydrogen) atoms. The van der Waals surface area contributed by atoms with Crippen molar-refractivity contribution in [2.75, 3.05) is 5.32 Å². The van der Waals surface area contributed by atoms with Crippen LogP contribution in [0.2, 0.25) is 0 Å². The van der Waals surface area contributed by atoms with Gasteiger partial charge in [0.25, 0.3) is 11.3 Å². The number of fused-ring (bicyclic) bond motifs is 1. The number of thioether (sulfide) groups is 1. The molecule has 0 unspecified atom stereocenters. The van der Waals surface area contributed by atoms with Crippen molar-refractivity contribution in [2.45, 2.75) is 17.2 Å². The summed E-state index contributed by atoms with van der Waals surface area (Å²) in [7, 11) is 0. The van der Waals surface area contributed by atoms with Gasteiger partial charge in [0.05, 0.1) is 5.39 Å². The topological polar surface area (TPSA) is 101 Å². The Kier molecular flexibility index (Phi) is 5.69. The number of carbonyl (C=O) groups excluding carboxylic acids is 1. The lowest BCUT2D eigenvalue weighted by Crippen LogP contribution is -2.31. The Bertz CT molecular complexity index is 1100. The quantitative estimate of drug-likeness (QED) is 0.612. The molecule has 7 nitrogen and oxygen atoms in total. The molecular formula is C18H13F2N3O4S. The van der Waals surface area contributed by atoms with Crippen LogP contribution in [0.1, 0.15) is 10.5 Å². The third-order valence-electron chi connectivity index (χ3n) is 3.73. The number of halogens is 2. The summed E-state index contributed by atoms with van der Waals surface area (Å²) < 4.78 is 25.4. The molecule has 0 spiro atoms. The molecule has 0 radical (unpaired) electrons. The second-order valence-electron chi connectivity index (χ2n) is 5.61. The normalized spacial score (nSPS) is 11.0.